The Hall–Kier alpha value is -0.360. The zero-order valence-electron chi connectivity index (χ0n) is 11.2. The molecular weight excluding hydrogens is 305 g/mol. The van der Waals surface area contributed by atoms with Gasteiger partial charge in [0.05, 0.1) is 16.2 Å². The zero-order valence-corrected chi connectivity index (χ0v) is 13.6. The van der Waals surface area contributed by atoms with E-state index in [0.717, 1.165) is 41.3 Å². The quantitative estimate of drug-likeness (QED) is 0.897. The van der Waals surface area contributed by atoms with Gasteiger partial charge in [0.1, 0.15) is 4.88 Å². The van der Waals surface area contributed by atoms with E-state index in [4.69, 9.17) is 5.73 Å². The normalized spacial score (nSPS) is 16.4. The Morgan fingerprint density at radius 1 is 1.37 bits per heavy atom. The molecule has 1 aliphatic carbocycles. The lowest BCUT2D eigenvalue weighted by Crippen LogP contribution is -2.51. The maximum atomic E-state index is 12.2. The number of thiazole rings is 1. The number of rotatable bonds is 3. The molecule has 1 aromatic rings. The van der Waals surface area contributed by atoms with Gasteiger partial charge in [-0.1, -0.05) is 12.8 Å². The van der Waals surface area contributed by atoms with Gasteiger partial charge in [-0.25, -0.2) is 4.98 Å². The second-order valence-electron chi connectivity index (χ2n) is 4.79. The Bertz CT molecular complexity index is 431. The van der Waals surface area contributed by atoms with Crippen molar-refractivity contribution < 1.29 is 4.79 Å². The maximum absolute atomic E-state index is 12.2. The SMILES string of the molecule is Cc1nc(C)c(C(=O)NC2(CN)CCCC2)s1.Cl.Cl. The van der Waals surface area contributed by atoms with Crippen molar-refractivity contribution in [1.82, 2.24) is 10.3 Å². The Labute approximate surface area is 130 Å². The van der Waals surface area contributed by atoms with Gasteiger partial charge in [0.2, 0.25) is 0 Å². The first-order valence-electron chi connectivity index (χ1n) is 6.03. The van der Waals surface area contributed by atoms with Crippen molar-refractivity contribution in [2.24, 2.45) is 5.73 Å². The van der Waals surface area contributed by atoms with Crippen LogP contribution in [-0.2, 0) is 0 Å². The molecule has 0 radical (unpaired) electrons. The fraction of sp³-hybridized carbons (Fsp3) is 0.667. The fourth-order valence-corrected chi connectivity index (χ4v) is 3.29. The van der Waals surface area contributed by atoms with E-state index in [1.807, 2.05) is 13.8 Å². The summed E-state index contributed by atoms with van der Waals surface area (Å²) in [5, 5.41) is 4.05. The molecule has 0 bridgehead atoms. The third-order valence-corrected chi connectivity index (χ3v) is 4.51. The minimum atomic E-state index is -0.179. The summed E-state index contributed by atoms with van der Waals surface area (Å²) in [5.41, 5.74) is 6.45. The molecule has 0 saturated heterocycles. The number of nitrogens with one attached hydrogen (secondary N) is 1. The van der Waals surface area contributed by atoms with Crippen molar-refractivity contribution in [3.05, 3.63) is 15.6 Å². The Balaban J connectivity index is 0.00000162. The largest absolute Gasteiger partial charge is 0.345 e. The van der Waals surface area contributed by atoms with Crippen LogP contribution in [0.5, 0.6) is 0 Å². The summed E-state index contributed by atoms with van der Waals surface area (Å²) < 4.78 is 0. The molecule has 110 valence electrons. The minimum Gasteiger partial charge on any atom is -0.345 e. The molecule has 1 aliphatic rings. The Morgan fingerprint density at radius 3 is 2.37 bits per heavy atom. The van der Waals surface area contributed by atoms with Crippen molar-refractivity contribution in [1.29, 1.82) is 0 Å². The molecule has 0 spiro atoms. The predicted molar refractivity (Wildman–Crippen MR) is 83.8 cm³/mol. The van der Waals surface area contributed by atoms with E-state index in [1.165, 1.54) is 11.3 Å². The summed E-state index contributed by atoms with van der Waals surface area (Å²) in [7, 11) is 0. The predicted octanol–water partition coefficient (Wildman–Crippen LogP) is 2.60. The van der Waals surface area contributed by atoms with Gasteiger partial charge < -0.3 is 11.1 Å². The van der Waals surface area contributed by atoms with Crippen LogP contribution in [0.25, 0.3) is 0 Å². The highest BCUT2D eigenvalue weighted by Gasteiger charge is 2.34. The number of amides is 1. The van der Waals surface area contributed by atoms with Gasteiger partial charge in [-0.05, 0) is 26.7 Å². The number of aromatic nitrogens is 1. The van der Waals surface area contributed by atoms with Gasteiger partial charge in [-0.3, -0.25) is 4.79 Å². The topological polar surface area (TPSA) is 68.0 Å². The van der Waals surface area contributed by atoms with Crippen LogP contribution in [-0.4, -0.2) is 23.0 Å². The summed E-state index contributed by atoms with van der Waals surface area (Å²) >= 11 is 1.45. The highest BCUT2D eigenvalue weighted by molar-refractivity contribution is 7.13. The number of nitrogens with two attached hydrogens (primary N) is 1. The highest BCUT2D eigenvalue weighted by atomic mass is 35.5. The van der Waals surface area contributed by atoms with E-state index in [9.17, 15) is 4.79 Å². The Morgan fingerprint density at radius 2 is 1.95 bits per heavy atom. The van der Waals surface area contributed by atoms with Crippen molar-refractivity contribution in [2.45, 2.75) is 45.1 Å². The molecule has 1 aromatic heterocycles. The molecule has 1 fully saturated rings. The molecule has 2 rings (SSSR count). The summed E-state index contributed by atoms with van der Waals surface area (Å²) in [5.74, 6) is -0.0135. The first-order valence-corrected chi connectivity index (χ1v) is 6.84. The lowest BCUT2D eigenvalue weighted by atomic mass is 9.98. The van der Waals surface area contributed by atoms with Gasteiger partial charge in [0.25, 0.3) is 5.91 Å². The molecule has 4 nitrogen and oxygen atoms in total. The van der Waals surface area contributed by atoms with Crippen molar-refractivity contribution in [3.8, 4) is 0 Å². The monoisotopic (exact) mass is 325 g/mol. The van der Waals surface area contributed by atoms with E-state index >= 15 is 0 Å². The number of hydrogen-bond donors (Lipinski definition) is 2. The first-order chi connectivity index (χ1) is 8.06. The lowest BCUT2D eigenvalue weighted by Gasteiger charge is -2.28. The average Bonchev–Trinajstić information content (AvgIpc) is 2.86. The standard InChI is InChI=1S/C12H19N3OS.2ClH/c1-8-10(17-9(2)14-8)11(16)15-12(7-13)5-3-4-6-12;;/h3-7,13H2,1-2H3,(H,15,16);2*1H. The van der Waals surface area contributed by atoms with Gasteiger partial charge in [-0.2, -0.15) is 0 Å². The summed E-state index contributed by atoms with van der Waals surface area (Å²) in [6.07, 6.45) is 4.29. The van der Waals surface area contributed by atoms with E-state index in [-0.39, 0.29) is 36.3 Å². The molecule has 1 saturated carbocycles. The van der Waals surface area contributed by atoms with Crippen molar-refractivity contribution >= 4 is 42.1 Å². The third kappa shape index (κ3) is 4.05. The minimum absolute atomic E-state index is 0. The molecule has 0 unspecified atom stereocenters. The first kappa shape index (κ1) is 18.6. The van der Waals surface area contributed by atoms with Crippen LogP contribution >= 0.6 is 36.2 Å². The number of carbonyl (C=O) groups excluding carboxylic acids is 1. The summed E-state index contributed by atoms with van der Waals surface area (Å²) in [6, 6.07) is 0. The van der Waals surface area contributed by atoms with Crippen LogP contribution in [0.15, 0.2) is 0 Å². The van der Waals surface area contributed by atoms with Crippen LogP contribution in [0.3, 0.4) is 0 Å². The van der Waals surface area contributed by atoms with Crippen LogP contribution in [0.4, 0.5) is 0 Å². The number of aryl methyl sites for hydroxylation is 2. The molecule has 1 heterocycles. The smallest absolute Gasteiger partial charge is 0.263 e. The summed E-state index contributed by atoms with van der Waals surface area (Å²) in [6.45, 7) is 4.32. The third-order valence-electron chi connectivity index (χ3n) is 3.44. The van der Waals surface area contributed by atoms with E-state index < -0.39 is 0 Å². The van der Waals surface area contributed by atoms with Crippen LogP contribution < -0.4 is 11.1 Å². The van der Waals surface area contributed by atoms with Crippen molar-refractivity contribution in [3.63, 3.8) is 0 Å². The second-order valence-corrected chi connectivity index (χ2v) is 6.00. The summed E-state index contributed by atoms with van der Waals surface area (Å²) in [4.78, 5) is 17.2. The zero-order chi connectivity index (χ0) is 12.5. The molecule has 7 heteroatoms. The van der Waals surface area contributed by atoms with Crippen LogP contribution in [0.2, 0.25) is 0 Å². The number of hydrogen-bond acceptors (Lipinski definition) is 4. The molecule has 0 atom stereocenters. The lowest BCUT2D eigenvalue weighted by molar-refractivity contribution is 0.0906. The van der Waals surface area contributed by atoms with E-state index in [2.05, 4.69) is 10.3 Å². The van der Waals surface area contributed by atoms with Gasteiger partial charge in [0, 0.05) is 6.54 Å². The fourth-order valence-electron chi connectivity index (χ4n) is 2.47. The number of nitrogens with zero attached hydrogens (tertiary/aromatic N) is 1. The molecular formula is C12H21Cl2N3OS. The van der Waals surface area contributed by atoms with E-state index in [1.54, 1.807) is 0 Å². The number of carbonyl (C=O) groups is 1. The van der Waals surface area contributed by atoms with Crippen LogP contribution in [0, 0.1) is 13.8 Å². The molecule has 19 heavy (non-hydrogen) atoms. The Kier molecular flexibility index (Phi) is 7.29. The molecule has 3 N–H and O–H groups in total. The maximum Gasteiger partial charge on any atom is 0.263 e. The van der Waals surface area contributed by atoms with E-state index in [0.29, 0.717) is 6.54 Å². The van der Waals surface area contributed by atoms with Crippen molar-refractivity contribution in [2.75, 3.05) is 6.54 Å². The van der Waals surface area contributed by atoms with Gasteiger partial charge in [-0.15, -0.1) is 36.2 Å². The molecule has 0 aliphatic heterocycles. The van der Waals surface area contributed by atoms with Gasteiger partial charge >= 0.3 is 0 Å². The molecule has 0 aromatic carbocycles. The average molecular weight is 326 g/mol. The molecule has 1 amide bonds. The van der Waals surface area contributed by atoms with Crippen LogP contribution in [0.1, 0.15) is 46.1 Å². The second kappa shape index (κ2) is 7.43. The van der Waals surface area contributed by atoms with Gasteiger partial charge in [0.15, 0.2) is 0 Å². The highest BCUT2D eigenvalue weighted by Crippen LogP contribution is 2.29. The number of halogens is 2.